The molecule has 0 aliphatic carbocycles. The van der Waals surface area contributed by atoms with Crippen LogP contribution in [0.2, 0.25) is 0 Å². The Hall–Kier alpha value is -0.300. The highest BCUT2D eigenvalue weighted by Gasteiger charge is 2.10. The van der Waals surface area contributed by atoms with Gasteiger partial charge in [0, 0.05) is 5.69 Å². The molecule has 0 amide bonds. The fourth-order valence-electron chi connectivity index (χ4n) is 0.738. The van der Waals surface area contributed by atoms with Crippen molar-refractivity contribution in [2.75, 3.05) is 9.49 Å². The molecule has 0 fully saturated rings. The van der Waals surface area contributed by atoms with Gasteiger partial charge >= 0.3 is 0 Å². The molecule has 1 aromatic rings. The molecule has 3 nitrogen and oxygen atoms in total. The monoisotopic (exact) mass is 297 g/mol. The molecule has 2 N–H and O–H groups in total. The summed E-state index contributed by atoms with van der Waals surface area (Å²) in [5, 5.41) is 0. The van der Waals surface area contributed by atoms with E-state index in [1.54, 1.807) is 12.1 Å². The molecule has 0 aliphatic rings. The molecular weight excluding hydrogens is 289 g/mol. The van der Waals surface area contributed by atoms with Gasteiger partial charge in [0.15, 0.2) is 9.84 Å². The van der Waals surface area contributed by atoms with Crippen LogP contribution in [-0.4, -0.2) is 12.2 Å². The lowest BCUT2D eigenvalue weighted by molar-refractivity contribution is 0.601. The van der Waals surface area contributed by atoms with E-state index in [2.05, 4.69) is 0 Å². The molecule has 0 atom stereocenters. The van der Waals surface area contributed by atoms with E-state index in [1.807, 2.05) is 22.6 Å². The van der Waals surface area contributed by atoms with Crippen LogP contribution in [-0.2, 0) is 9.84 Å². The number of anilines is 1. The van der Waals surface area contributed by atoms with E-state index in [1.165, 1.54) is 12.1 Å². The zero-order valence-electron chi connectivity index (χ0n) is 6.20. The number of nitrogen functional groups attached to an aromatic ring is 1. The van der Waals surface area contributed by atoms with Crippen molar-refractivity contribution in [1.82, 2.24) is 0 Å². The fourth-order valence-corrected chi connectivity index (χ4v) is 2.49. The SMILES string of the molecule is Nc1ccc(S(=O)(=O)CI)cc1. The molecule has 1 rings (SSSR count). The first-order valence-corrected chi connectivity index (χ1v) is 6.38. The molecule has 1 aromatic carbocycles. The zero-order valence-corrected chi connectivity index (χ0v) is 9.17. The average Bonchev–Trinajstić information content (AvgIpc) is 2.05. The van der Waals surface area contributed by atoms with Crippen molar-refractivity contribution in [3.05, 3.63) is 24.3 Å². The summed E-state index contributed by atoms with van der Waals surface area (Å²) >= 11 is 1.82. The van der Waals surface area contributed by atoms with Crippen LogP contribution in [0, 0.1) is 0 Å². The van der Waals surface area contributed by atoms with Crippen molar-refractivity contribution < 1.29 is 8.42 Å². The van der Waals surface area contributed by atoms with E-state index in [-0.39, 0.29) is 3.76 Å². The van der Waals surface area contributed by atoms with Gasteiger partial charge in [0.05, 0.1) is 4.90 Å². The molecule has 5 heteroatoms. The van der Waals surface area contributed by atoms with Gasteiger partial charge in [-0.3, -0.25) is 0 Å². The number of alkyl halides is 1. The highest BCUT2D eigenvalue weighted by atomic mass is 127. The van der Waals surface area contributed by atoms with Crippen LogP contribution < -0.4 is 5.73 Å². The second-order valence-electron chi connectivity index (χ2n) is 2.29. The van der Waals surface area contributed by atoms with Gasteiger partial charge in [0.25, 0.3) is 0 Å². The van der Waals surface area contributed by atoms with Crippen LogP contribution in [0.3, 0.4) is 0 Å². The first-order chi connectivity index (χ1) is 5.56. The summed E-state index contributed by atoms with van der Waals surface area (Å²) in [5.41, 5.74) is 5.99. The standard InChI is InChI=1S/C7H8INO2S/c8-5-12(10,11)7-3-1-6(9)2-4-7/h1-4H,5,9H2. The van der Waals surface area contributed by atoms with Gasteiger partial charge in [0.1, 0.15) is 3.76 Å². The summed E-state index contributed by atoms with van der Waals surface area (Å²) in [6.45, 7) is 0. The molecule has 0 radical (unpaired) electrons. The van der Waals surface area contributed by atoms with Crippen molar-refractivity contribution in [2.45, 2.75) is 4.90 Å². The second kappa shape index (κ2) is 3.61. The largest absolute Gasteiger partial charge is 0.399 e. The van der Waals surface area contributed by atoms with Crippen LogP contribution in [0.4, 0.5) is 5.69 Å². The van der Waals surface area contributed by atoms with Gasteiger partial charge in [0.2, 0.25) is 0 Å². The molecule has 0 saturated heterocycles. The van der Waals surface area contributed by atoms with E-state index in [0.29, 0.717) is 10.6 Å². The van der Waals surface area contributed by atoms with Crippen molar-refractivity contribution in [3.8, 4) is 0 Å². The van der Waals surface area contributed by atoms with Crippen molar-refractivity contribution >= 4 is 38.1 Å². The maximum Gasteiger partial charge on any atom is 0.187 e. The molecule has 0 saturated carbocycles. The minimum atomic E-state index is -3.08. The smallest absolute Gasteiger partial charge is 0.187 e. The van der Waals surface area contributed by atoms with Crippen LogP contribution in [0.25, 0.3) is 0 Å². The molecule has 0 unspecified atom stereocenters. The topological polar surface area (TPSA) is 60.2 Å². The Kier molecular flexibility index (Phi) is 2.94. The number of benzene rings is 1. The predicted molar refractivity (Wildman–Crippen MR) is 56.9 cm³/mol. The summed E-state index contributed by atoms with van der Waals surface area (Å²) in [5.74, 6) is 0. The molecule has 0 spiro atoms. The van der Waals surface area contributed by atoms with Gasteiger partial charge in [-0.25, -0.2) is 8.42 Å². The summed E-state index contributed by atoms with van der Waals surface area (Å²) < 4.78 is 22.6. The van der Waals surface area contributed by atoms with E-state index < -0.39 is 9.84 Å². The van der Waals surface area contributed by atoms with Gasteiger partial charge < -0.3 is 5.73 Å². The molecule has 66 valence electrons. The lowest BCUT2D eigenvalue weighted by Crippen LogP contribution is -2.01. The minimum Gasteiger partial charge on any atom is -0.399 e. The Balaban J connectivity index is 3.14. The number of halogens is 1. The third-order valence-electron chi connectivity index (χ3n) is 1.38. The van der Waals surface area contributed by atoms with Crippen molar-refractivity contribution in [2.24, 2.45) is 0 Å². The first kappa shape index (κ1) is 9.79. The molecular formula is C7H8INO2S. The Morgan fingerprint density at radius 2 is 1.75 bits per heavy atom. The fraction of sp³-hybridized carbons (Fsp3) is 0.143. The summed E-state index contributed by atoms with van der Waals surface area (Å²) in [7, 11) is -3.08. The Morgan fingerprint density at radius 3 is 2.17 bits per heavy atom. The highest BCUT2D eigenvalue weighted by molar-refractivity contribution is 14.1. The van der Waals surface area contributed by atoms with Gasteiger partial charge in [-0.15, -0.1) is 0 Å². The average molecular weight is 297 g/mol. The quantitative estimate of drug-likeness (QED) is 0.510. The van der Waals surface area contributed by atoms with Gasteiger partial charge in [-0.1, -0.05) is 22.6 Å². The van der Waals surface area contributed by atoms with Crippen LogP contribution in [0.1, 0.15) is 0 Å². The van der Waals surface area contributed by atoms with Crippen LogP contribution >= 0.6 is 22.6 Å². The maximum absolute atomic E-state index is 11.3. The normalized spacial score (nSPS) is 11.4. The van der Waals surface area contributed by atoms with Crippen molar-refractivity contribution in [3.63, 3.8) is 0 Å². The Labute approximate surface area is 85.0 Å². The number of hydrogen-bond donors (Lipinski definition) is 1. The Bertz CT molecular complexity index is 357. The minimum absolute atomic E-state index is 0.0919. The number of rotatable bonds is 2. The van der Waals surface area contributed by atoms with Crippen molar-refractivity contribution in [1.29, 1.82) is 0 Å². The van der Waals surface area contributed by atoms with Crippen LogP contribution in [0.5, 0.6) is 0 Å². The lowest BCUT2D eigenvalue weighted by atomic mass is 10.3. The molecule has 0 aromatic heterocycles. The molecule has 0 bridgehead atoms. The third-order valence-corrected chi connectivity index (χ3v) is 5.12. The summed E-state index contributed by atoms with van der Waals surface area (Å²) in [6.07, 6.45) is 0. The van der Waals surface area contributed by atoms with Gasteiger partial charge in [-0.05, 0) is 24.3 Å². The number of hydrogen-bond acceptors (Lipinski definition) is 3. The number of sulfone groups is 1. The number of nitrogens with two attached hydrogens (primary N) is 1. The molecule has 12 heavy (non-hydrogen) atoms. The highest BCUT2D eigenvalue weighted by Crippen LogP contribution is 2.14. The van der Waals surface area contributed by atoms with E-state index in [0.717, 1.165) is 0 Å². The van der Waals surface area contributed by atoms with Gasteiger partial charge in [-0.2, -0.15) is 0 Å². The summed E-state index contributed by atoms with van der Waals surface area (Å²) in [4.78, 5) is 0.325. The predicted octanol–water partition coefficient (Wildman–Crippen LogP) is 1.44. The summed E-state index contributed by atoms with van der Waals surface area (Å²) in [6, 6.07) is 6.20. The lowest BCUT2D eigenvalue weighted by Gasteiger charge is -1.99. The molecule has 0 heterocycles. The Morgan fingerprint density at radius 1 is 1.25 bits per heavy atom. The maximum atomic E-state index is 11.3. The second-order valence-corrected chi connectivity index (χ2v) is 6.08. The van der Waals surface area contributed by atoms with Crippen LogP contribution in [0.15, 0.2) is 29.2 Å². The zero-order chi connectivity index (χ0) is 9.19. The van der Waals surface area contributed by atoms with E-state index >= 15 is 0 Å². The first-order valence-electron chi connectivity index (χ1n) is 3.20. The van der Waals surface area contributed by atoms with E-state index in [9.17, 15) is 8.42 Å². The third kappa shape index (κ3) is 2.10. The van der Waals surface area contributed by atoms with E-state index in [4.69, 9.17) is 5.73 Å². The molecule has 0 aliphatic heterocycles.